The smallest absolute Gasteiger partial charge is 0.311 e. The number of aliphatic carboxylic acids is 1. The number of aromatic nitrogens is 2. The van der Waals surface area contributed by atoms with Gasteiger partial charge in [-0.05, 0) is 18.9 Å². The number of hydrogen-bond donors (Lipinski definition) is 1. The second-order valence-corrected chi connectivity index (χ2v) is 4.45. The Kier molecular flexibility index (Phi) is 1.80. The highest BCUT2D eigenvalue weighted by Gasteiger charge is 2.50. The normalized spacial score (nSPS) is 17.5. The fourth-order valence-corrected chi connectivity index (χ4v) is 2.03. The van der Waals surface area contributed by atoms with Crippen LogP contribution in [0.2, 0.25) is 0 Å². The van der Waals surface area contributed by atoms with Gasteiger partial charge in [0.1, 0.15) is 0 Å². The molecule has 1 aromatic carbocycles. The molecule has 1 aliphatic carbocycles. The van der Waals surface area contributed by atoms with Crippen LogP contribution >= 0.6 is 0 Å². The van der Waals surface area contributed by atoms with Gasteiger partial charge in [0, 0.05) is 5.39 Å². The molecule has 16 heavy (non-hydrogen) atoms. The van der Waals surface area contributed by atoms with E-state index >= 15 is 0 Å². The molecule has 4 heteroatoms. The van der Waals surface area contributed by atoms with Gasteiger partial charge in [-0.15, -0.1) is 0 Å². The number of carbonyl (C=O) groups is 1. The van der Waals surface area contributed by atoms with E-state index in [2.05, 4.69) is 5.10 Å². The first-order valence-corrected chi connectivity index (χ1v) is 5.35. The first-order valence-electron chi connectivity index (χ1n) is 5.35. The molecule has 0 radical (unpaired) electrons. The summed E-state index contributed by atoms with van der Waals surface area (Å²) in [7, 11) is 0. The van der Waals surface area contributed by atoms with Crippen molar-refractivity contribution in [1.29, 1.82) is 0 Å². The lowest BCUT2D eigenvalue weighted by molar-refractivity contribution is -0.143. The first kappa shape index (κ1) is 9.39. The number of nitrogens with zero attached hydrogens (tertiary/aromatic N) is 2. The number of rotatable bonds is 3. The molecule has 1 aromatic heterocycles. The molecule has 82 valence electrons. The van der Waals surface area contributed by atoms with Crippen molar-refractivity contribution in [1.82, 2.24) is 9.78 Å². The summed E-state index contributed by atoms with van der Waals surface area (Å²) in [5, 5.41) is 14.4. The standard InChI is InChI=1S/C12H12N2O2/c15-11(16)12(5-6-12)8-14-10-4-2-1-3-9(10)7-13-14/h1-4,7H,5-6,8H2,(H,15,16). The van der Waals surface area contributed by atoms with Crippen LogP contribution in [0.15, 0.2) is 30.5 Å². The van der Waals surface area contributed by atoms with E-state index in [0.717, 1.165) is 23.7 Å². The average Bonchev–Trinajstić information content (AvgIpc) is 2.96. The first-order chi connectivity index (χ1) is 7.71. The van der Waals surface area contributed by atoms with Gasteiger partial charge in [-0.25, -0.2) is 0 Å². The van der Waals surface area contributed by atoms with Crippen LogP contribution in [0.4, 0.5) is 0 Å². The zero-order valence-electron chi connectivity index (χ0n) is 8.76. The van der Waals surface area contributed by atoms with Crippen molar-refractivity contribution in [2.24, 2.45) is 5.41 Å². The number of fused-ring (bicyclic) bond motifs is 1. The van der Waals surface area contributed by atoms with Crippen LogP contribution in [-0.4, -0.2) is 20.9 Å². The van der Waals surface area contributed by atoms with Crippen LogP contribution in [0.3, 0.4) is 0 Å². The SMILES string of the molecule is O=C(O)C1(Cn2ncc3ccccc32)CC1. The number of para-hydroxylation sites is 1. The van der Waals surface area contributed by atoms with E-state index in [1.54, 1.807) is 10.9 Å². The monoisotopic (exact) mass is 216 g/mol. The molecule has 2 aromatic rings. The topological polar surface area (TPSA) is 55.1 Å². The molecule has 4 nitrogen and oxygen atoms in total. The molecule has 1 heterocycles. The van der Waals surface area contributed by atoms with Gasteiger partial charge in [-0.2, -0.15) is 5.10 Å². The minimum atomic E-state index is -0.702. The summed E-state index contributed by atoms with van der Waals surface area (Å²) < 4.78 is 1.80. The summed E-state index contributed by atoms with van der Waals surface area (Å²) in [5.74, 6) is -0.702. The third-order valence-corrected chi connectivity index (χ3v) is 3.31. The molecular weight excluding hydrogens is 204 g/mol. The quantitative estimate of drug-likeness (QED) is 0.852. The molecule has 0 spiro atoms. The summed E-state index contributed by atoms with van der Waals surface area (Å²) >= 11 is 0. The Labute approximate surface area is 92.5 Å². The molecule has 1 fully saturated rings. The molecule has 0 bridgehead atoms. The molecule has 0 aliphatic heterocycles. The lowest BCUT2D eigenvalue weighted by Crippen LogP contribution is -2.21. The molecular formula is C12H12N2O2. The molecule has 1 saturated carbocycles. The van der Waals surface area contributed by atoms with Gasteiger partial charge >= 0.3 is 5.97 Å². The summed E-state index contributed by atoms with van der Waals surface area (Å²) in [6.45, 7) is 0.482. The van der Waals surface area contributed by atoms with Crippen molar-refractivity contribution in [2.45, 2.75) is 19.4 Å². The molecule has 0 amide bonds. The Hall–Kier alpha value is -1.84. The van der Waals surface area contributed by atoms with Crippen LogP contribution in [0, 0.1) is 5.41 Å². The van der Waals surface area contributed by atoms with Crippen molar-refractivity contribution >= 4 is 16.9 Å². The molecule has 0 saturated heterocycles. The Morgan fingerprint density at radius 2 is 2.19 bits per heavy atom. The fraction of sp³-hybridized carbons (Fsp3) is 0.333. The Bertz CT molecular complexity index is 555. The Morgan fingerprint density at radius 3 is 2.88 bits per heavy atom. The highest BCUT2D eigenvalue weighted by atomic mass is 16.4. The molecule has 0 atom stereocenters. The van der Waals surface area contributed by atoms with E-state index in [1.165, 1.54) is 0 Å². The van der Waals surface area contributed by atoms with Crippen molar-refractivity contribution in [3.05, 3.63) is 30.5 Å². The van der Waals surface area contributed by atoms with Crippen LogP contribution in [0.5, 0.6) is 0 Å². The van der Waals surface area contributed by atoms with Gasteiger partial charge in [0.05, 0.1) is 23.7 Å². The summed E-state index contributed by atoms with van der Waals surface area (Å²) in [4.78, 5) is 11.1. The van der Waals surface area contributed by atoms with E-state index in [9.17, 15) is 4.79 Å². The highest BCUT2D eigenvalue weighted by molar-refractivity contribution is 5.80. The Balaban J connectivity index is 1.98. The summed E-state index contributed by atoms with van der Waals surface area (Å²) in [5.41, 5.74) is 0.449. The van der Waals surface area contributed by atoms with Crippen LogP contribution < -0.4 is 0 Å². The van der Waals surface area contributed by atoms with E-state index in [1.807, 2.05) is 24.3 Å². The van der Waals surface area contributed by atoms with E-state index in [4.69, 9.17) is 5.11 Å². The highest BCUT2D eigenvalue weighted by Crippen LogP contribution is 2.47. The third-order valence-electron chi connectivity index (χ3n) is 3.31. The summed E-state index contributed by atoms with van der Waals surface area (Å²) in [6.07, 6.45) is 3.31. The molecule has 3 rings (SSSR count). The van der Waals surface area contributed by atoms with Gasteiger partial charge in [0.15, 0.2) is 0 Å². The van der Waals surface area contributed by atoms with Gasteiger partial charge in [-0.3, -0.25) is 9.48 Å². The van der Waals surface area contributed by atoms with Gasteiger partial charge < -0.3 is 5.11 Å². The number of benzene rings is 1. The van der Waals surface area contributed by atoms with Crippen molar-refractivity contribution in [3.8, 4) is 0 Å². The van der Waals surface area contributed by atoms with Crippen LogP contribution in [0.25, 0.3) is 10.9 Å². The zero-order chi connectivity index (χ0) is 11.2. The predicted molar refractivity (Wildman–Crippen MR) is 59.0 cm³/mol. The van der Waals surface area contributed by atoms with Gasteiger partial charge in [0.2, 0.25) is 0 Å². The lowest BCUT2D eigenvalue weighted by Gasteiger charge is -2.10. The average molecular weight is 216 g/mol. The minimum Gasteiger partial charge on any atom is -0.481 e. The van der Waals surface area contributed by atoms with Crippen molar-refractivity contribution in [2.75, 3.05) is 0 Å². The number of hydrogen-bond acceptors (Lipinski definition) is 2. The number of carboxylic acids is 1. The second kappa shape index (κ2) is 3.07. The molecule has 1 N–H and O–H groups in total. The van der Waals surface area contributed by atoms with Gasteiger partial charge in [0.25, 0.3) is 0 Å². The molecule has 1 aliphatic rings. The lowest BCUT2D eigenvalue weighted by atomic mass is 10.1. The van der Waals surface area contributed by atoms with E-state index in [0.29, 0.717) is 6.54 Å². The maximum absolute atomic E-state index is 11.1. The van der Waals surface area contributed by atoms with E-state index < -0.39 is 11.4 Å². The predicted octanol–water partition coefficient (Wildman–Crippen LogP) is 1.90. The van der Waals surface area contributed by atoms with Gasteiger partial charge in [-0.1, -0.05) is 18.2 Å². The maximum atomic E-state index is 11.1. The maximum Gasteiger partial charge on any atom is 0.311 e. The zero-order valence-corrected chi connectivity index (χ0v) is 8.76. The fourth-order valence-electron chi connectivity index (χ4n) is 2.03. The largest absolute Gasteiger partial charge is 0.481 e. The number of carboxylic acid groups (broad SMARTS) is 1. The van der Waals surface area contributed by atoms with Crippen molar-refractivity contribution in [3.63, 3.8) is 0 Å². The Morgan fingerprint density at radius 1 is 1.44 bits per heavy atom. The van der Waals surface area contributed by atoms with E-state index in [-0.39, 0.29) is 0 Å². The molecule has 0 unspecified atom stereocenters. The van der Waals surface area contributed by atoms with Crippen LogP contribution in [-0.2, 0) is 11.3 Å². The third kappa shape index (κ3) is 1.30. The minimum absolute atomic E-state index is 0.482. The summed E-state index contributed by atoms with van der Waals surface area (Å²) in [6, 6.07) is 7.86. The van der Waals surface area contributed by atoms with Crippen molar-refractivity contribution < 1.29 is 9.90 Å². The van der Waals surface area contributed by atoms with Crippen LogP contribution in [0.1, 0.15) is 12.8 Å². The second-order valence-electron chi connectivity index (χ2n) is 4.45.